The van der Waals surface area contributed by atoms with Crippen LogP contribution in [-0.4, -0.2) is 24.9 Å². The normalized spacial score (nSPS) is 12.8. The Morgan fingerprint density at radius 2 is 2.44 bits per heavy atom. The second-order valence-corrected chi connectivity index (χ2v) is 2.09. The predicted molar refractivity (Wildman–Crippen MR) is 38.5 cm³/mol. The molecule has 0 fully saturated rings. The van der Waals surface area contributed by atoms with Gasteiger partial charge in [-0.3, -0.25) is 4.79 Å². The molecule has 1 atom stereocenters. The highest BCUT2D eigenvalue weighted by Crippen LogP contribution is 1.91. The van der Waals surface area contributed by atoms with Gasteiger partial charge in [-0.15, -0.1) is 0 Å². The van der Waals surface area contributed by atoms with E-state index in [9.17, 15) is 4.79 Å². The van der Waals surface area contributed by atoms with Crippen molar-refractivity contribution in [1.82, 2.24) is 0 Å². The molecule has 9 heavy (non-hydrogen) atoms. The third kappa shape index (κ3) is 4.29. The number of thiol groups is 1. The van der Waals surface area contributed by atoms with E-state index in [0.29, 0.717) is 5.75 Å². The average Bonchev–Trinajstić information content (AvgIpc) is 1.87. The van der Waals surface area contributed by atoms with Crippen LogP contribution in [0.1, 0.15) is 6.42 Å². The van der Waals surface area contributed by atoms with Crippen molar-refractivity contribution in [2.24, 2.45) is 5.73 Å². The van der Waals surface area contributed by atoms with Gasteiger partial charge in [0.1, 0.15) is 0 Å². The Labute approximate surface area is 60.0 Å². The summed E-state index contributed by atoms with van der Waals surface area (Å²) in [5, 5.41) is 0. The average molecular weight is 149 g/mol. The van der Waals surface area contributed by atoms with Gasteiger partial charge in [0, 0.05) is 11.8 Å². The third-order valence-corrected chi connectivity index (χ3v) is 1.36. The number of carbonyl (C=O) groups excluding carboxylic acids is 1. The first-order valence-corrected chi connectivity index (χ1v) is 3.27. The largest absolute Gasteiger partial charge is 0.469 e. The second kappa shape index (κ2) is 4.64. The van der Waals surface area contributed by atoms with Crippen LogP contribution in [0.5, 0.6) is 0 Å². The van der Waals surface area contributed by atoms with Crippen LogP contribution in [-0.2, 0) is 9.53 Å². The summed E-state index contributed by atoms with van der Waals surface area (Å²) in [6, 6.07) is -0.180. The molecule has 0 heterocycles. The molecule has 0 aromatic carbocycles. The topological polar surface area (TPSA) is 52.3 Å². The lowest BCUT2D eigenvalue weighted by atomic mass is 10.2. The van der Waals surface area contributed by atoms with Gasteiger partial charge in [-0.1, -0.05) is 0 Å². The minimum atomic E-state index is -0.281. The molecular formula is C5H11NO2S. The highest BCUT2D eigenvalue weighted by atomic mass is 32.1. The van der Waals surface area contributed by atoms with Gasteiger partial charge < -0.3 is 10.5 Å². The second-order valence-electron chi connectivity index (χ2n) is 1.72. The number of nitrogens with two attached hydrogens (primary N) is 1. The molecule has 3 nitrogen and oxygen atoms in total. The van der Waals surface area contributed by atoms with Crippen LogP contribution >= 0.6 is 12.6 Å². The number of rotatable bonds is 3. The number of ether oxygens (including phenoxy) is 1. The first-order valence-electron chi connectivity index (χ1n) is 2.64. The number of hydrogen-bond acceptors (Lipinski definition) is 4. The summed E-state index contributed by atoms with van der Waals surface area (Å²) in [4.78, 5) is 10.4. The van der Waals surface area contributed by atoms with Crippen molar-refractivity contribution in [2.75, 3.05) is 12.9 Å². The molecule has 1 unspecified atom stereocenters. The van der Waals surface area contributed by atoms with E-state index in [1.54, 1.807) is 0 Å². The molecule has 0 aliphatic heterocycles. The monoisotopic (exact) mass is 149 g/mol. The van der Waals surface area contributed by atoms with Crippen LogP contribution in [0.2, 0.25) is 0 Å². The van der Waals surface area contributed by atoms with Crippen LogP contribution in [0, 0.1) is 0 Å². The molecule has 4 heteroatoms. The molecule has 0 aliphatic rings. The quantitative estimate of drug-likeness (QED) is 0.432. The fraction of sp³-hybridized carbons (Fsp3) is 0.800. The lowest BCUT2D eigenvalue weighted by Crippen LogP contribution is -2.25. The smallest absolute Gasteiger partial charge is 0.307 e. The zero-order valence-electron chi connectivity index (χ0n) is 5.33. The van der Waals surface area contributed by atoms with Crippen LogP contribution in [0.3, 0.4) is 0 Å². The van der Waals surface area contributed by atoms with Gasteiger partial charge in [-0.05, 0) is 0 Å². The lowest BCUT2D eigenvalue weighted by Gasteiger charge is -2.04. The summed E-state index contributed by atoms with van der Waals surface area (Å²) in [5.74, 6) is 0.228. The summed E-state index contributed by atoms with van der Waals surface area (Å²) < 4.78 is 4.37. The van der Waals surface area contributed by atoms with Crippen LogP contribution in [0.4, 0.5) is 0 Å². The van der Waals surface area contributed by atoms with Crippen molar-refractivity contribution in [1.29, 1.82) is 0 Å². The van der Waals surface area contributed by atoms with E-state index in [-0.39, 0.29) is 18.4 Å². The van der Waals surface area contributed by atoms with E-state index in [2.05, 4.69) is 17.4 Å². The van der Waals surface area contributed by atoms with Crippen LogP contribution < -0.4 is 5.73 Å². The maximum absolute atomic E-state index is 10.4. The first kappa shape index (κ1) is 8.78. The summed E-state index contributed by atoms with van der Waals surface area (Å²) in [6.07, 6.45) is 0.250. The molecule has 0 aromatic rings. The zero-order valence-corrected chi connectivity index (χ0v) is 6.23. The Morgan fingerprint density at radius 1 is 1.89 bits per heavy atom. The number of methoxy groups -OCH3 is 1. The highest BCUT2D eigenvalue weighted by Gasteiger charge is 2.06. The molecule has 0 saturated heterocycles. The van der Waals surface area contributed by atoms with E-state index in [4.69, 9.17) is 5.73 Å². The molecule has 0 rings (SSSR count). The summed E-state index contributed by atoms with van der Waals surface area (Å²) in [6.45, 7) is 0. The summed E-state index contributed by atoms with van der Waals surface area (Å²) in [7, 11) is 1.34. The SMILES string of the molecule is COC(=O)CC(N)CS. The van der Waals surface area contributed by atoms with E-state index in [1.165, 1.54) is 7.11 Å². The molecule has 54 valence electrons. The Kier molecular flexibility index (Phi) is 4.53. The standard InChI is InChI=1S/C5H11NO2S/c1-8-5(7)2-4(6)3-9/h4,9H,2-3,6H2,1H3. The molecule has 0 amide bonds. The molecular weight excluding hydrogens is 138 g/mol. The molecule has 0 aromatic heterocycles. The molecule has 0 spiro atoms. The number of hydrogen-bond donors (Lipinski definition) is 2. The number of carbonyl (C=O) groups is 1. The maximum atomic E-state index is 10.4. The predicted octanol–water partition coefficient (Wildman–Crippen LogP) is -0.193. The van der Waals surface area contributed by atoms with Crippen molar-refractivity contribution in [3.8, 4) is 0 Å². The molecule has 0 saturated carbocycles. The lowest BCUT2D eigenvalue weighted by molar-refractivity contribution is -0.140. The Bertz CT molecular complexity index is 97.0. The highest BCUT2D eigenvalue weighted by molar-refractivity contribution is 7.80. The minimum absolute atomic E-state index is 0.180. The van der Waals surface area contributed by atoms with Gasteiger partial charge in [0.2, 0.25) is 0 Å². The Morgan fingerprint density at radius 3 is 2.78 bits per heavy atom. The Balaban J connectivity index is 3.34. The molecule has 0 radical (unpaired) electrons. The van der Waals surface area contributed by atoms with Gasteiger partial charge in [-0.25, -0.2) is 0 Å². The maximum Gasteiger partial charge on any atom is 0.307 e. The minimum Gasteiger partial charge on any atom is -0.469 e. The first-order chi connectivity index (χ1) is 4.20. The fourth-order valence-electron chi connectivity index (χ4n) is 0.362. The van der Waals surface area contributed by atoms with E-state index >= 15 is 0 Å². The Hall–Kier alpha value is -0.220. The molecule has 2 N–H and O–H groups in total. The molecule has 0 bridgehead atoms. The van der Waals surface area contributed by atoms with Gasteiger partial charge in [0.25, 0.3) is 0 Å². The molecule has 0 aliphatic carbocycles. The van der Waals surface area contributed by atoms with Crippen molar-refractivity contribution < 1.29 is 9.53 Å². The van der Waals surface area contributed by atoms with Crippen LogP contribution in [0.15, 0.2) is 0 Å². The van der Waals surface area contributed by atoms with Gasteiger partial charge in [0.15, 0.2) is 0 Å². The van der Waals surface area contributed by atoms with Gasteiger partial charge in [-0.2, -0.15) is 12.6 Å². The fourth-order valence-corrected chi connectivity index (χ4v) is 0.491. The van der Waals surface area contributed by atoms with E-state index in [0.717, 1.165) is 0 Å². The van der Waals surface area contributed by atoms with Crippen molar-refractivity contribution in [3.63, 3.8) is 0 Å². The van der Waals surface area contributed by atoms with Gasteiger partial charge in [0.05, 0.1) is 13.5 Å². The van der Waals surface area contributed by atoms with Crippen LogP contribution in [0.25, 0.3) is 0 Å². The number of esters is 1. The summed E-state index contributed by atoms with van der Waals surface area (Å²) in [5.41, 5.74) is 5.37. The van der Waals surface area contributed by atoms with E-state index in [1.807, 2.05) is 0 Å². The van der Waals surface area contributed by atoms with Crippen molar-refractivity contribution >= 4 is 18.6 Å². The third-order valence-electron chi connectivity index (χ3n) is 0.891. The van der Waals surface area contributed by atoms with Crippen molar-refractivity contribution in [3.05, 3.63) is 0 Å². The van der Waals surface area contributed by atoms with Crippen molar-refractivity contribution in [2.45, 2.75) is 12.5 Å². The van der Waals surface area contributed by atoms with Gasteiger partial charge >= 0.3 is 5.97 Å². The van der Waals surface area contributed by atoms with E-state index < -0.39 is 0 Å². The zero-order chi connectivity index (χ0) is 7.28. The summed E-state index contributed by atoms with van der Waals surface area (Å²) >= 11 is 3.90.